The first kappa shape index (κ1) is 13.3. The van der Waals surface area contributed by atoms with Gasteiger partial charge in [-0.1, -0.05) is 6.07 Å². The van der Waals surface area contributed by atoms with E-state index in [4.69, 9.17) is 0 Å². The van der Waals surface area contributed by atoms with E-state index in [1.165, 1.54) is 9.13 Å². The largest absolute Gasteiger partial charge is 0.377 e. The molecule has 0 aliphatic rings. The maximum atomic E-state index is 4.39. The average molecular weight is 353 g/mol. The summed E-state index contributed by atoms with van der Waals surface area (Å²) in [6.45, 7) is 6.20. The van der Waals surface area contributed by atoms with Crippen LogP contribution >= 0.6 is 22.6 Å². The van der Waals surface area contributed by atoms with Gasteiger partial charge in [0, 0.05) is 21.7 Å². The van der Waals surface area contributed by atoms with Gasteiger partial charge in [-0.15, -0.1) is 0 Å². The van der Waals surface area contributed by atoms with Crippen LogP contribution in [0.1, 0.15) is 29.9 Å². The number of benzene rings is 1. The molecule has 18 heavy (non-hydrogen) atoms. The number of hydrogen-bond acceptors (Lipinski definition) is 3. The van der Waals surface area contributed by atoms with E-state index in [-0.39, 0.29) is 6.04 Å². The molecule has 94 valence electrons. The van der Waals surface area contributed by atoms with Crippen molar-refractivity contribution < 1.29 is 0 Å². The molecule has 1 aromatic carbocycles. The van der Waals surface area contributed by atoms with E-state index in [1.54, 1.807) is 12.4 Å². The lowest BCUT2D eigenvalue weighted by molar-refractivity contribution is 0.810. The fourth-order valence-corrected chi connectivity index (χ4v) is 2.36. The van der Waals surface area contributed by atoms with Crippen molar-refractivity contribution >= 4 is 28.3 Å². The highest BCUT2D eigenvalue weighted by molar-refractivity contribution is 14.1. The molecule has 0 spiro atoms. The van der Waals surface area contributed by atoms with Crippen molar-refractivity contribution in [3.8, 4) is 0 Å². The zero-order valence-electron chi connectivity index (χ0n) is 10.7. The third kappa shape index (κ3) is 2.98. The maximum absolute atomic E-state index is 4.39. The minimum atomic E-state index is 0.150. The van der Waals surface area contributed by atoms with Crippen LogP contribution in [0.4, 0.5) is 5.69 Å². The Labute approximate surface area is 121 Å². The summed E-state index contributed by atoms with van der Waals surface area (Å²) in [5.74, 6) is 0. The van der Waals surface area contributed by atoms with Crippen molar-refractivity contribution in [2.24, 2.45) is 0 Å². The summed E-state index contributed by atoms with van der Waals surface area (Å²) >= 11 is 2.35. The molecular formula is C14H16IN3. The van der Waals surface area contributed by atoms with Gasteiger partial charge >= 0.3 is 0 Å². The Bertz CT molecular complexity index is 554. The number of anilines is 1. The van der Waals surface area contributed by atoms with Gasteiger partial charge in [-0.05, 0) is 61.1 Å². The number of aromatic nitrogens is 2. The van der Waals surface area contributed by atoms with Gasteiger partial charge in [0.05, 0.1) is 17.4 Å². The predicted molar refractivity (Wildman–Crippen MR) is 82.7 cm³/mol. The second-order valence-corrected chi connectivity index (χ2v) is 5.52. The van der Waals surface area contributed by atoms with Crippen molar-refractivity contribution in [3.05, 3.63) is 51.1 Å². The van der Waals surface area contributed by atoms with Crippen molar-refractivity contribution in [1.29, 1.82) is 0 Å². The van der Waals surface area contributed by atoms with E-state index in [2.05, 4.69) is 69.9 Å². The molecule has 0 amide bonds. The molecule has 1 atom stereocenters. The molecule has 0 bridgehead atoms. The van der Waals surface area contributed by atoms with E-state index in [1.807, 2.05) is 6.92 Å². The van der Waals surface area contributed by atoms with Gasteiger partial charge in [-0.3, -0.25) is 9.97 Å². The Morgan fingerprint density at radius 2 is 1.89 bits per heavy atom. The van der Waals surface area contributed by atoms with Crippen LogP contribution in [-0.2, 0) is 0 Å². The first-order chi connectivity index (χ1) is 8.58. The summed E-state index contributed by atoms with van der Waals surface area (Å²) in [6.07, 6.45) is 3.46. The normalized spacial score (nSPS) is 12.2. The number of aryl methyl sites for hydroxylation is 2. The lowest BCUT2D eigenvalue weighted by Gasteiger charge is -2.16. The molecule has 0 radical (unpaired) electrons. The van der Waals surface area contributed by atoms with Crippen LogP contribution in [0.5, 0.6) is 0 Å². The van der Waals surface area contributed by atoms with E-state index >= 15 is 0 Å². The molecule has 0 aliphatic carbocycles. The fourth-order valence-electron chi connectivity index (χ4n) is 1.84. The Morgan fingerprint density at radius 1 is 1.17 bits per heavy atom. The molecule has 0 fully saturated rings. The van der Waals surface area contributed by atoms with E-state index in [0.717, 1.165) is 17.1 Å². The second-order valence-electron chi connectivity index (χ2n) is 4.36. The molecule has 2 aromatic rings. The lowest BCUT2D eigenvalue weighted by Crippen LogP contribution is -2.11. The SMILES string of the molecule is Cc1ccc(NC(C)c2nccnc2C)cc1I. The number of nitrogens with one attached hydrogen (secondary N) is 1. The van der Waals surface area contributed by atoms with Gasteiger partial charge in [0.1, 0.15) is 0 Å². The number of nitrogens with zero attached hydrogens (tertiary/aromatic N) is 2. The minimum absolute atomic E-state index is 0.150. The molecule has 0 saturated carbocycles. The van der Waals surface area contributed by atoms with Gasteiger partial charge in [0.15, 0.2) is 0 Å². The van der Waals surface area contributed by atoms with Gasteiger partial charge in [-0.25, -0.2) is 0 Å². The summed E-state index contributed by atoms with van der Waals surface area (Å²) in [6, 6.07) is 6.52. The quantitative estimate of drug-likeness (QED) is 0.852. The number of hydrogen-bond donors (Lipinski definition) is 1. The van der Waals surface area contributed by atoms with Gasteiger partial charge in [0.2, 0.25) is 0 Å². The Morgan fingerprint density at radius 3 is 2.56 bits per heavy atom. The molecule has 1 aromatic heterocycles. The molecule has 2 rings (SSSR count). The topological polar surface area (TPSA) is 37.8 Å². The highest BCUT2D eigenvalue weighted by Crippen LogP contribution is 2.22. The fraction of sp³-hybridized carbons (Fsp3) is 0.286. The van der Waals surface area contributed by atoms with Crippen LogP contribution in [0.2, 0.25) is 0 Å². The molecule has 3 nitrogen and oxygen atoms in total. The smallest absolute Gasteiger partial charge is 0.0835 e. The van der Waals surface area contributed by atoms with Crippen molar-refractivity contribution in [2.45, 2.75) is 26.8 Å². The molecule has 1 unspecified atom stereocenters. The lowest BCUT2D eigenvalue weighted by atomic mass is 10.1. The van der Waals surface area contributed by atoms with Gasteiger partial charge in [-0.2, -0.15) is 0 Å². The summed E-state index contributed by atoms with van der Waals surface area (Å²) < 4.78 is 1.26. The Balaban J connectivity index is 2.19. The minimum Gasteiger partial charge on any atom is -0.377 e. The van der Waals surface area contributed by atoms with E-state index in [0.29, 0.717) is 0 Å². The van der Waals surface area contributed by atoms with Crippen LogP contribution < -0.4 is 5.32 Å². The maximum Gasteiger partial charge on any atom is 0.0835 e. The van der Waals surface area contributed by atoms with Crippen molar-refractivity contribution in [2.75, 3.05) is 5.32 Å². The zero-order chi connectivity index (χ0) is 13.1. The summed E-state index contributed by atoms with van der Waals surface area (Å²) in [4.78, 5) is 8.66. The van der Waals surface area contributed by atoms with Crippen molar-refractivity contribution in [3.63, 3.8) is 0 Å². The Kier molecular flexibility index (Phi) is 4.16. The molecule has 1 N–H and O–H groups in total. The first-order valence-electron chi connectivity index (χ1n) is 5.88. The Hall–Kier alpha value is -1.17. The standard InChI is InChI=1S/C14H16IN3/c1-9-4-5-12(8-13(9)15)18-11(3)14-10(2)16-6-7-17-14/h4-8,11,18H,1-3H3. The summed E-state index contributed by atoms with van der Waals surface area (Å²) in [7, 11) is 0. The third-order valence-corrected chi connectivity index (χ3v) is 4.05. The summed E-state index contributed by atoms with van der Waals surface area (Å²) in [5, 5.41) is 3.46. The molecule has 0 aliphatic heterocycles. The zero-order valence-corrected chi connectivity index (χ0v) is 12.9. The van der Waals surface area contributed by atoms with Crippen LogP contribution in [0.15, 0.2) is 30.6 Å². The first-order valence-corrected chi connectivity index (χ1v) is 6.96. The average Bonchev–Trinajstić information content (AvgIpc) is 2.34. The highest BCUT2D eigenvalue weighted by Gasteiger charge is 2.10. The monoisotopic (exact) mass is 353 g/mol. The van der Waals surface area contributed by atoms with Crippen LogP contribution in [-0.4, -0.2) is 9.97 Å². The number of rotatable bonds is 3. The highest BCUT2D eigenvalue weighted by atomic mass is 127. The van der Waals surface area contributed by atoms with Crippen LogP contribution in [0.3, 0.4) is 0 Å². The van der Waals surface area contributed by atoms with Crippen LogP contribution in [0, 0.1) is 17.4 Å². The van der Waals surface area contributed by atoms with E-state index in [9.17, 15) is 0 Å². The van der Waals surface area contributed by atoms with Crippen LogP contribution in [0.25, 0.3) is 0 Å². The van der Waals surface area contributed by atoms with Gasteiger partial charge in [0.25, 0.3) is 0 Å². The number of halogens is 1. The molecule has 4 heteroatoms. The molecular weight excluding hydrogens is 337 g/mol. The molecule has 0 saturated heterocycles. The molecule has 1 heterocycles. The third-order valence-electron chi connectivity index (χ3n) is 2.88. The predicted octanol–water partition coefficient (Wildman–Crippen LogP) is 3.87. The van der Waals surface area contributed by atoms with E-state index < -0.39 is 0 Å². The van der Waals surface area contributed by atoms with Crippen molar-refractivity contribution in [1.82, 2.24) is 9.97 Å². The second kappa shape index (κ2) is 5.65. The summed E-state index contributed by atoms with van der Waals surface area (Å²) in [5.41, 5.74) is 4.37. The van der Waals surface area contributed by atoms with Gasteiger partial charge < -0.3 is 5.32 Å².